The molecule has 3 heterocycles. The van der Waals surface area contributed by atoms with Crippen LogP contribution in [0, 0.1) is 6.92 Å². The van der Waals surface area contributed by atoms with Gasteiger partial charge in [-0.05, 0) is 44.8 Å². The Kier molecular flexibility index (Phi) is 4.03. The Bertz CT molecular complexity index is 788. The molecule has 0 saturated heterocycles. The first-order valence-electron chi connectivity index (χ1n) is 7.24. The third kappa shape index (κ3) is 3.19. The summed E-state index contributed by atoms with van der Waals surface area (Å²) in [5.41, 5.74) is 7.27. The van der Waals surface area contributed by atoms with Crippen LogP contribution in [0.15, 0.2) is 35.3 Å². The number of amides is 1. The zero-order chi connectivity index (χ0) is 16.4. The van der Waals surface area contributed by atoms with E-state index in [9.17, 15) is 4.79 Å². The fourth-order valence-electron chi connectivity index (χ4n) is 2.46. The van der Waals surface area contributed by atoms with Gasteiger partial charge in [0, 0.05) is 24.1 Å². The summed E-state index contributed by atoms with van der Waals surface area (Å²) >= 11 is 0. The Balaban J connectivity index is 1.94. The molecule has 2 aromatic heterocycles. The van der Waals surface area contributed by atoms with Crippen LogP contribution >= 0.6 is 0 Å². The van der Waals surface area contributed by atoms with Gasteiger partial charge < -0.3 is 9.88 Å². The second-order valence-corrected chi connectivity index (χ2v) is 5.67. The number of aromatic nitrogens is 3. The molecule has 3 rings (SSSR count). The first-order chi connectivity index (χ1) is 11.0. The van der Waals surface area contributed by atoms with Gasteiger partial charge in [0.25, 0.3) is 5.91 Å². The van der Waals surface area contributed by atoms with E-state index in [0.717, 1.165) is 17.9 Å². The summed E-state index contributed by atoms with van der Waals surface area (Å²) in [5, 5.41) is 4.08. The summed E-state index contributed by atoms with van der Waals surface area (Å²) in [6.45, 7) is 2.86. The van der Waals surface area contributed by atoms with Crippen LogP contribution in [0.5, 0.6) is 0 Å². The first-order valence-corrected chi connectivity index (χ1v) is 7.24. The summed E-state index contributed by atoms with van der Waals surface area (Å²) < 4.78 is 0. The predicted molar refractivity (Wildman–Crippen MR) is 87.6 cm³/mol. The number of hydrogen-bond acceptors (Lipinski definition) is 5. The van der Waals surface area contributed by atoms with Crippen molar-refractivity contribution >= 4 is 17.7 Å². The van der Waals surface area contributed by atoms with Crippen molar-refractivity contribution in [2.45, 2.75) is 13.5 Å². The summed E-state index contributed by atoms with van der Waals surface area (Å²) in [7, 11) is 4.05. The molecule has 7 heteroatoms. The molecule has 1 aliphatic rings. The Hall–Kier alpha value is -2.80. The van der Waals surface area contributed by atoms with Crippen molar-refractivity contribution in [3.05, 3.63) is 52.9 Å². The molecule has 7 nitrogen and oxygen atoms in total. The number of rotatable bonds is 4. The second kappa shape index (κ2) is 6.13. The van der Waals surface area contributed by atoms with Crippen molar-refractivity contribution in [2.24, 2.45) is 5.10 Å². The molecule has 0 aliphatic carbocycles. The fourth-order valence-corrected chi connectivity index (χ4v) is 2.46. The maximum Gasteiger partial charge on any atom is 0.273 e. The quantitative estimate of drug-likeness (QED) is 0.828. The van der Waals surface area contributed by atoms with Crippen molar-refractivity contribution in [1.29, 1.82) is 0 Å². The highest BCUT2D eigenvalue weighted by molar-refractivity contribution is 6.32. The summed E-state index contributed by atoms with van der Waals surface area (Å²) in [6, 6.07) is 3.77. The number of aromatic amines is 1. The Labute approximate surface area is 134 Å². The summed E-state index contributed by atoms with van der Waals surface area (Å²) in [4.78, 5) is 25.5. The average molecular weight is 310 g/mol. The minimum absolute atomic E-state index is 0.236. The lowest BCUT2D eigenvalue weighted by atomic mass is 10.1. The van der Waals surface area contributed by atoms with Crippen LogP contribution in [-0.2, 0) is 11.3 Å². The molecule has 0 aromatic carbocycles. The highest BCUT2D eigenvalue weighted by Crippen LogP contribution is 2.18. The van der Waals surface area contributed by atoms with E-state index in [1.54, 1.807) is 18.3 Å². The Morgan fingerprint density at radius 3 is 2.87 bits per heavy atom. The van der Waals surface area contributed by atoms with E-state index in [-0.39, 0.29) is 5.91 Å². The van der Waals surface area contributed by atoms with Gasteiger partial charge in [0.15, 0.2) is 0 Å². The van der Waals surface area contributed by atoms with Crippen molar-refractivity contribution in [2.75, 3.05) is 14.1 Å². The van der Waals surface area contributed by atoms with E-state index in [4.69, 9.17) is 0 Å². The van der Waals surface area contributed by atoms with Gasteiger partial charge in [-0.1, -0.05) is 0 Å². The summed E-state index contributed by atoms with van der Waals surface area (Å²) in [6.07, 6.45) is 4.86. The molecule has 118 valence electrons. The van der Waals surface area contributed by atoms with Gasteiger partial charge in [-0.25, -0.2) is 15.4 Å². The van der Waals surface area contributed by atoms with E-state index in [1.807, 2.05) is 27.1 Å². The van der Waals surface area contributed by atoms with E-state index in [2.05, 4.69) is 30.4 Å². The number of carbonyl (C=O) groups is 1. The van der Waals surface area contributed by atoms with Crippen molar-refractivity contribution in [1.82, 2.24) is 25.3 Å². The van der Waals surface area contributed by atoms with Gasteiger partial charge >= 0.3 is 0 Å². The number of H-pyrrole nitrogens is 1. The number of nitrogens with zero attached hydrogens (tertiary/aromatic N) is 4. The van der Waals surface area contributed by atoms with Gasteiger partial charge in [0.05, 0.1) is 11.3 Å². The number of hydrazone groups is 1. The number of carbonyl (C=O) groups excluding carboxylic acids is 1. The Morgan fingerprint density at radius 1 is 1.35 bits per heavy atom. The van der Waals surface area contributed by atoms with Gasteiger partial charge in [-0.15, -0.1) is 0 Å². The van der Waals surface area contributed by atoms with Gasteiger partial charge in [0.2, 0.25) is 0 Å². The minimum atomic E-state index is -0.236. The molecule has 2 N–H and O–H groups in total. The van der Waals surface area contributed by atoms with E-state index in [0.29, 0.717) is 17.0 Å². The molecule has 0 spiro atoms. The van der Waals surface area contributed by atoms with Crippen LogP contribution in [0.4, 0.5) is 0 Å². The second-order valence-electron chi connectivity index (χ2n) is 5.67. The molecule has 0 unspecified atom stereocenters. The molecule has 0 fully saturated rings. The zero-order valence-electron chi connectivity index (χ0n) is 13.3. The average Bonchev–Trinajstić information content (AvgIpc) is 3.04. The Morgan fingerprint density at radius 2 is 2.17 bits per heavy atom. The molecule has 0 atom stereocenters. The largest absolute Gasteiger partial charge is 0.359 e. The van der Waals surface area contributed by atoms with Crippen LogP contribution in [0.2, 0.25) is 0 Å². The minimum Gasteiger partial charge on any atom is -0.359 e. The van der Waals surface area contributed by atoms with Crippen LogP contribution in [0.3, 0.4) is 0 Å². The molecular weight excluding hydrogens is 292 g/mol. The van der Waals surface area contributed by atoms with Crippen molar-refractivity contribution in [3.63, 3.8) is 0 Å². The van der Waals surface area contributed by atoms with E-state index < -0.39 is 0 Å². The maximum atomic E-state index is 12.1. The van der Waals surface area contributed by atoms with E-state index >= 15 is 0 Å². The molecule has 0 saturated carbocycles. The van der Waals surface area contributed by atoms with Gasteiger partial charge in [-0.3, -0.25) is 4.79 Å². The molecule has 2 aromatic rings. The molecular formula is C16H18N6O. The van der Waals surface area contributed by atoms with Crippen molar-refractivity contribution < 1.29 is 4.79 Å². The number of aryl methyl sites for hydroxylation is 1. The summed E-state index contributed by atoms with van der Waals surface area (Å²) in [5.74, 6) is -0.236. The normalized spacial score (nSPS) is 16.1. The topological polar surface area (TPSA) is 86.3 Å². The molecule has 0 bridgehead atoms. The molecule has 1 aliphatic heterocycles. The monoisotopic (exact) mass is 310 g/mol. The highest BCUT2D eigenvalue weighted by Gasteiger charge is 2.25. The van der Waals surface area contributed by atoms with Gasteiger partial charge in [0.1, 0.15) is 12.0 Å². The van der Waals surface area contributed by atoms with Crippen LogP contribution in [-0.4, -0.2) is 45.6 Å². The standard InChI is InChI=1S/C16H18N6O/c1-10-11(8-22(2)3)6-12(19-10)7-13-15(20-21-16(13)23)14-4-5-17-9-18-14/h4-7,9,19H,8H2,1-3H3,(H,21,23). The molecule has 23 heavy (non-hydrogen) atoms. The lowest BCUT2D eigenvalue weighted by Crippen LogP contribution is -2.14. The lowest BCUT2D eigenvalue weighted by molar-refractivity contribution is -0.116. The highest BCUT2D eigenvalue weighted by atomic mass is 16.2. The SMILES string of the molecule is Cc1[nH]c(C=C2C(=O)NN=C2c2ccncn2)cc1CN(C)C. The smallest absolute Gasteiger partial charge is 0.273 e. The number of nitrogens with one attached hydrogen (secondary N) is 2. The number of hydrogen-bond donors (Lipinski definition) is 2. The van der Waals surface area contributed by atoms with Crippen LogP contribution in [0.1, 0.15) is 22.6 Å². The maximum absolute atomic E-state index is 12.1. The first kappa shape index (κ1) is 15.1. The molecule has 1 amide bonds. The van der Waals surface area contributed by atoms with E-state index in [1.165, 1.54) is 11.9 Å². The van der Waals surface area contributed by atoms with Crippen molar-refractivity contribution in [3.8, 4) is 0 Å². The molecule has 0 radical (unpaired) electrons. The van der Waals surface area contributed by atoms with Gasteiger partial charge in [-0.2, -0.15) is 5.10 Å². The predicted octanol–water partition coefficient (Wildman–Crippen LogP) is 1.09. The van der Waals surface area contributed by atoms with Crippen LogP contribution in [0.25, 0.3) is 6.08 Å². The third-order valence-corrected chi connectivity index (χ3v) is 3.52. The lowest BCUT2D eigenvalue weighted by Gasteiger charge is -2.07. The fraction of sp³-hybridized carbons (Fsp3) is 0.250. The third-order valence-electron chi connectivity index (χ3n) is 3.52. The van der Waals surface area contributed by atoms with Crippen LogP contribution < -0.4 is 5.43 Å². The zero-order valence-corrected chi connectivity index (χ0v) is 13.3.